The highest BCUT2D eigenvalue weighted by atomic mass is 35.5. The molecule has 1 aliphatic heterocycles. The highest BCUT2D eigenvalue weighted by molar-refractivity contribution is 6.33. The number of rotatable bonds is 5. The third-order valence-electron chi connectivity index (χ3n) is 5.36. The quantitative estimate of drug-likeness (QED) is 0.625. The molecule has 1 aromatic heterocycles. The summed E-state index contributed by atoms with van der Waals surface area (Å²) in [7, 11) is 0. The van der Waals surface area contributed by atoms with Crippen LogP contribution in [0, 0.1) is 12.8 Å². The first-order valence-electron chi connectivity index (χ1n) is 10.7. The van der Waals surface area contributed by atoms with Crippen molar-refractivity contribution in [2.45, 2.75) is 45.8 Å². The zero-order valence-electron chi connectivity index (χ0n) is 18.6. The fourth-order valence-electron chi connectivity index (χ4n) is 3.66. The number of carbonyl (C=O) groups is 2. The molecule has 1 atom stereocenters. The summed E-state index contributed by atoms with van der Waals surface area (Å²) < 4.78 is 38.8. The summed E-state index contributed by atoms with van der Waals surface area (Å²) in [5, 5.41) is 5.69. The molecule has 1 aromatic carbocycles. The predicted octanol–water partition coefficient (Wildman–Crippen LogP) is 5.06. The molecule has 33 heavy (non-hydrogen) atoms. The lowest BCUT2D eigenvalue weighted by Crippen LogP contribution is -2.48. The molecule has 2 aromatic rings. The molecule has 2 amide bonds. The summed E-state index contributed by atoms with van der Waals surface area (Å²) in [6.07, 6.45) is -2.99. The van der Waals surface area contributed by atoms with E-state index in [2.05, 4.69) is 15.6 Å². The third kappa shape index (κ3) is 6.37. The minimum absolute atomic E-state index is 0.0205. The van der Waals surface area contributed by atoms with Gasteiger partial charge in [-0.1, -0.05) is 25.4 Å². The van der Waals surface area contributed by atoms with Crippen molar-refractivity contribution in [3.63, 3.8) is 0 Å². The van der Waals surface area contributed by atoms with Crippen molar-refractivity contribution in [1.82, 2.24) is 10.3 Å². The number of piperidine rings is 1. The molecule has 6 nitrogen and oxygen atoms in total. The van der Waals surface area contributed by atoms with Crippen LogP contribution in [0.5, 0.6) is 0 Å². The van der Waals surface area contributed by atoms with Crippen LogP contribution in [-0.4, -0.2) is 35.9 Å². The smallest absolute Gasteiger partial charge is 0.368 e. The number of amides is 2. The molecule has 1 saturated heterocycles. The fraction of sp³-hybridized carbons (Fsp3) is 0.435. The largest absolute Gasteiger partial charge is 0.416 e. The van der Waals surface area contributed by atoms with E-state index in [1.807, 2.05) is 4.90 Å². The Morgan fingerprint density at radius 2 is 1.94 bits per heavy atom. The minimum Gasteiger partial charge on any atom is -0.368 e. The maximum absolute atomic E-state index is 12.9. The normalized spacial score (nSPS) is 16.6. The Balaban J connectivity index is 1.70. The fourth-order valence-corrected chi connectivity index (χ4v) is 3.96. The van der Waals surface area contributed by atoms with E-state index in [1.165, 1.54) is 12.1 Å². The van der Waals surface area contributed by atoms with Crippen molar-refractivity contribution in [3.05, 3.63) is 52.2 Å². The Bertz CT molecular complexity index is 1040. The molecule has 178 valence electrons. The molecule has 0 saturated carbocycles. The monoisotopic (exact) mass is 482 g/mol. The van der Waals surface area contributed by atoms with Gasteiger partial charge in [0.1, 0.15) is 5.82 Å². The van der Waals surface area contributed by atoms with Gasteiger partial charge in [0.15, 0.2) is 0 Å². The first-order valence-corrected chi connectivity index (χ1v) is 11.0. The molecule has 2 N–H and O–H groups in total. The van der Waals surface area contributed by atoms with Gasteiger partial charge >= 0.3 is 6.18 Å². The summed E-state index contributed by atoms with van der Waals surface area (Å²) in [5.74, 6) is -0.433. The molecule has 2 heterocycles. The van der Waals surface area contributed by atoms with Crippen molar-refractivity contribution in [2.24, 2.45) is 5.92 Å². The highest BCUT2D eigenvalue weighted by Crippen LogP contribution is 2.36. The van der Waals surface area contributed by atoms with E-state index in [0.29, 0.717) is 35.9 Å². The Morgan fingerprint density at radius 1 is 1.21 bits per heavy atom. The van der Waals surface area contributed by atoms with Crippen LogP contribution in [0.25, 0.3) is 0 Å². The van der Waals surface area contributed by atoms with E-state index in [0.717, 1.165) is 25.0 Å². The molecular weight excluding hydrogens is 457 g/mol. The molecule has 0 unspecified atom stereocenters. The maximum atomic E-state index is 12.9. The third-order valence-corrected chi connectivity index (χ3v) is 5.67. The Labute approximate surface area is 195 Å². The van der Waals surface area contributed by atoms with Gasteiger partial charge in [0, 0.05) is 36.3 Å². The standard InChI is InChI=1S/C23H26ClF3N4O2/c1-13(2)21(32)30-20-10-15(9-14(3)28-20)22(33)29-17-5-4-8-31(12-17)19-7-6-16(11-18(19)24)23(25,26)27/h6-7,9-11,13,17H,4-5,8,12H2,1-3H3,(H,29,33)(H,28,30,32)/t17-/m1/s1. The van der Waals surface area contributed by atoms with Gasteiger partial charge in [-0.15, -0.1) is 0 Å². The molecule has 0 spiro atoms. The Morgan fingerprint density at radius 3 is 2.58 bits per heavy atom. The van der Waals surface area contributed by atoms with E-state index in [1.54, 1.807) is 26.8 Å². The average Bonchev–Trinajstić information content (AvgIpc) is 2.72. The number of carbonyl (C=O) groups excluding carboxylic acids is 2. The van der Waals surface area contributed by atoms with Gasteiger partial charge in [0.25, 0.3) is 5.91 Å². The van der Waals surface area contributed by atoms with E-state index in [4.69, 9.17) is 11.6 Å². The van der Waals surface area contributed by atoms with Crippen molar-refractivity contribution < 1.29 is 22.8 Å². The number of nitrogens with one attached hydrogen (secondary N) is 2. The summed E-state index contributed by atoms with van der Waals surface area (Å²) in [6, 6.07) is 6.24. The first kappa shape index (κ1) is 24.8. The summed E-state index contributed by atoms with van der Waals surface area (Å²) in [5.41, 5.74) is 0.656. The van der Waals surface area contributed by atoms with Crippen LogP contribution in [0.1, 0.15) is 48.3 Å². The zero-order valence-corrected chi connectivity index (χ0v) is 19.3. The second-order valence-electron chi connectivity index (χ2n) is 8.45. The zero-order chi connectivity index (χ0) is 24.3. The SMILES string of the molecule is Cc1cc(C(=O)N[C@@H]2CCCN(c3ccc(C(F)(F)F)cc3Cl)C2)cc(NC(=O)C(C)C)n1. The van der Waals surface area contributed by atoms with E-state index >= 15 is 0 Å². The van der Waals surface area contributed by atoms with Gasteiger partial charge in [0.2, 0.25) is 5.91 Å². The molecular formula is C23H26ClF3N4O2. The van der Waals surface area contributed by atoms with Gasteiger partial charge in [-0.05, 0) is 50.1 Å². The van der Waals surface area contributed by atoms with Gasteiger partial charge in [-0.2, -0.15) is 13.2 Å². The van der Waals surface area contributed by atoms with Crippen molar-refractivity contribution in [3.8, 4) is 0 Å². The van der Waals surface area contributed by atoms with Crippen molar-refractivity contribution in [1.29, 1.82) is 0 Å². The first-order chi connectivity index (χ1) is 15.4. The Kier molecular flexibility index (Phi) is 7.51. The maximum Gasteiger partial charge on any atom is 0.416 e. The number of pyridine rings is 1. The molecule has 0 aliphatic carbocycles. The molecule has 1 fully saturated rings. The van der Waals surface area contributed by atoms with Gasteiger partial charge in [-0.25, -0.2) is 4.98 Å². The Hall–Kier alpha value is -2.81. The van der Waals surface area contributed by atoms with E-state index < -0.39 is 11.7 Å². The molecule has 0 bridgehead atoms. The number of nitrogens with zero attached hydrogens (tertiary/aromatic N) is 2. The average molecular weight is 483 g/mol. The van der Waals surface area contributed by atoms with Crippen LogP contribution in [0.15, 0.2) is 30.3 Å². The molecule has 10 heteroatoms. The topological polar surface area (TPSA) is 74.3 Å². The van der Waals surface area contributed by atoms with Gasteiger partial charge in [-0.3, -0.25) is 9.59 Å². The summed E-state index contributed by atoms with van der Waals surface area (Å²) >= 11 is 6.15. The van der Waals surface area contributed by atoms with E-state index in [9.17, 15) is 22.8 Å². The second-order valence-corrected chi connectivity index (χ2v) is 8.86. The number of hydrogen-bond acceptors (Lipinski definition) is 4. The van der Waals surface area contributed by atoms with Crippen LogP contribution in [0.2, 0.25) is 5.02 Å². The summed E-state index contributed by atoms with van der Waals surface area (Å²) in [6.45, 7) is 6.29. The van der Waals surface area contributed by atoms with Gasteiger partial charge < -0.3 is 15.5 Å². The van der Waals surface area contributed by atoms with Crippen LogP contribution in [0.4, 0.5) is 24.7 Å². The number of aromatic nitrogens is 1. The van der Waals surface area contributed by atoms with Crippen molar-refractivity contribution >= 4 is 34.9 Å². The van der Waals surface area contributed by atoms with Crippen molar-refractivity contribution in [2.75, 3.05) is 23.3 Å². The lowest BCUT2D eigenvalue weighted by atomic mass is 10.0. The number of alkyl halides is 3. The van der Waals surface area contributed by atoms with Gasteiger partial charge in [0.05, 0.1) is 16.3 Å². The van der Waals surface area contributed by atoms with Crippen LogP contribution in [0.3, 0.4) is 0 Å². The number of halogens is 4. The predicted molar refractivity (Wildman–Crippen MR) is 122 cm³/mol. The number of anilines is 2. The van der Waals surface area contributed by atoms with Crippen LogP contribution in [-0.2, 0) is 11.0 Å². The number of benzene rings is 1. The van der Waals surface area contributed by atoms with E-state index in [-0.39, 0.29) is 28.8 Å². The summed E-state index contributed by atoms with van der Waals surface area (Å²) in [4.78, 5) is 31.0. The lowest BCUT2D eigenvalue weighted by molar-refractivity contribution is -0.137. The van der Waals surface area contributed by atoms with Crippen LogP contribution < -0.4 is 15.5 Å². The molecule has 0 radical (unpaired) electrons. The molecule has 3 rings (SSSR count). The minimum atomic E-state index is -4.46. The molecule has 1 aliphatic rings. The second kappa shape index (κ2) is 9.99. The number of hydrogen-bond donors (Lipinski definition) is 2. The number of aryl methyl sites for hydroxylation is 1. The highest BCUT2D eigenvalue weighted by Gasteiger charge is 2.32. The lowest BCUT2D eigenvalue weighted by Gasteiger charge is -2.35. The van der Waals surface area contributed by atoms with Crippen LogP contribution >= 0.6 is 11.6 Å².